The minimum absolute atomic E-state index is 0.112. The summed E-state index contributed by atoms with van der Waals surface area (Å²) in [6.45, 7) is 2.38. The second-order valence-corrected chi connectivity index (χ2v) is 4.54. The minimum atomic E-state index is 0.112. The molecule has 0 aromatic rings. The molecule has 1 aliphatic carbocycles. The lowest BCUT2D eigenvalue weighted by Gasteiger charge is -2.17. The molecule has 1 unspecified atom stereocenters. The first-order valence-electron chi connectivity index (χ1n) is 5.71. The van der Waals surface area contributed by atoms with E-state index in [1.54, 1.807) is 4.90 Å². The van der Waals surface area contributed by atoms with E-state index < -0.39 is 0 Å². The van der Waals surface area contributed by atoms with Crippen molar-refractivity contribution in [3.8, 4) is 0 Å². The van der Waals surface area contributed by atoms with Crippen LogP contribution in [0.2, 0.25) is 0 Å². The molecule has 4 nitrogen and oxygen atoms in total. The number of carbonyl (C=O) groups excluding carboxylic acids is 2. The standard InChI is InChI=1S/C11H18N2O2/c1-12-7-8-13(11(12)15)6-5-9-3-2-4-10(9)14/h9H,2-8H2,1H3. The second kappa shape index (κ2) is 4.21. The lowest BCUT2D eigenvalue weighted by atomic mass is 10.0. The van der Waals surface area contributed by atoms with Crippen molar-refractivity contribution in [3.63, 3.8) is 0 Å². The van der Waals surface area contributed by atoms with E-state index in [2.05, 4.69) is 0 Å². The first kappa shape index (κ1) is 10.5. The van der Waals surface area contributed by atoms with Crippen LogP contribution in [0, 0.1) is 5.92 Å². The van der Waals surface area contributed by atoms with Gasteiger partial charge in [0, 0.05) is 39.0 Å². The molecule has 1 saturated carbocycles. The van der Waals surface area contributed by atoms with Gasteiger partial charge in [0.2, 0.25) is 0 Å². The molecule has 2 amide bonds. The molecule has 0 N–H and O–H groups in total. The summed E-state index contributed by atoms with van der Waals surface area (Å²) >= 11 is 0. The van der Waals surface area contributed by atoms with Gasteiger partial charge >= 0.3 is 6.03 Å². The molecule has 0 aromatic heterocycles. The summed E-state index contributed by atoms with van der Waals surface area (Å²) in [7, 11) is 1.82. The topological polar surface area (TPSA) is 40.6 Å². The quantitative estimate of drug-likeness (QED) is 0.700. The van der Waals surface area contributed by atoms with E-state index in [0.29, 0.717) is 5.78 Å². The maximum absolute atomic E-state index is 11.6. The highest BCUT2D eigenvalue weighted by atomic mass is 16.2. The number of carbonyl (C=O) groups is 2. The molecule has 1 heterocycles. The third kappa shape index (κ3) is 2.13. The number of rotatable bonds is 3. The Balaban J connectivity index is 1.78. The molecule has 1 aliphatic heterocycles. The Labute approximate surface area is 90.2 Å². The van der Waals surface area contributed by atoms with Crippen LogP contribution in [0.15, 0.2) is 0 Å². The number of urea groups is 1. The molecular formula is C11H18N2O2. The highest BCUT2D eigenvalue weighted by Crippen LogP contribution is 2.24. The van der Waals surface area contributed by atoms with Gasteiger partial charge in [-0.05, 0) is 19.3 Å². The van der Waals surface area contributed by atoms with Crippen LogP contribution in [0.4, 0.5) is 4.79 Å². The predicted octanol–water partition coefficient (Wildman–Crippen LogP) is 1.11. The number of hydrogen-bond acceptors (Lipinski definition) is 2. The molecule has 0 bridgehead atoms. The number of amides is 2. The van der Waals surface area contributed by atoms with Crippen molar-refractivity contribution in [2.45, 2.75) is 25.7 Å². The fourth-order valence-electron chi connectivity index (χ4n) is 2.42. The minimum Gasteiger partial charge on any atom is -0.326 e. The van der Waals surface area contributed by atoms with Crippen LogP contribution in [0.25, 0.3) is 0 Å². The van der Waals surface area contributed by atoms with Crippen LogP contribution in [-0.2, 0) is 4.79 Å². The molecule has 0 radical (unpaired) electrons. The van der Waals surface area contributed by atoms with Gasteiger partial charge in [-0.1, -0.05) is 0 Å². The maximum atomic E-state index is 11.6. The molecule has 1 atom stereocenters. The molecule has 84 valence electrons. The van der Waals surface area contributed by atoms with Gasteiger partial charge in [0.1, 0.15) is 5.78 Å². The zero-order chi connectivity index (χ0) is 10.8. The molecule has 2 rings (SSSR count). The van der Waals surface area contributed by atoms with Crippen LogP contribution in [0.5, 0.6) is 0 Å². The summed E-state index contributed by atoms with van der Waals surface area (Å²) in [4.78, 5) is 26.6. The van der Waals surface area contributed by atoms with Gasteiger partial charge in [-0.3, -0.25) is 4.79 Å². The molecular weight excluding hydrogens is 192 g/mol. The molecule has 15 heavy (non-hydrogen) atoms. The molecule has 4 heteroatoms. The molecule has 1 saturated heterocycles. The Morgan fingerprint density at radius 3 is 2.67 bits per heavy atom. The maximum Gasteiger partial charge on any atom is 0.319 e. The number of ketones is 1. The zero-order valence-corrected chi connectivity index (χ0v) is 9.24. The summed E-state index contributed by atoms with van der Waals surface area (Å²) in [5, 5.41) is 0. The monoisotopic (exact) mass is 210 g/mol. The Hall–Kier alpha value is -1.06. The van der Waals surface area contributed by atoms with E-state index in [1.807, 2.05) is 11.9 Å². The van der Waals surface area contributed by atoms with Crippen LogP contribution in [-0.4, -0.2) is 48.3 Å². The van der Waals surface area contributed by atoms with Crippen molar-refractivity contribution >= 4 is 11.8 Å². The van der Waals surface area contributed by atoms with Gasteiger partial charge in [0.25, 0.3) is 0 Å². The van der Waals surface area contributed by atoms with Gasteiger partial charge in [0.15, 0.2) is 0 Å². The van der Waals surface area contributed by atoms with Crippen molar-refractivity contribution in [1.29, 1.82) is 0 Å². The van der Waals surface area contributed by atoms with Crippen LogP contribution in [0.3, 0.4) is 0 Å². The smallest absolute Gasteiger partial charge is 0.319 e. The fraction of sp³-hybridized carbons (Fsp3) is 0.818. The molecule has 0 aromatic carbocycles. The summed E-state index contributed by atoms with van der Waals surface area (Å²) in [5.41, 5.74) is 0. The molecule has 0 spiro atoms. The largest absolute Gasteiger partial charge is 0.326 e. The zero-order valence-electron chi connectivity index (χ0n) is 9.24. The highest BCUT2D eigenvalue weighted by Gasteiger charge is 2.28. The van der Waals surface area contributed by atoms with Crippen molar-refractivity contribution in [1.82, 2.24) is 9.80 Å². The van der Waals surface area contributed by atoms with Gasteiger partial charge in [-0.15, -0.1) is 0 Å². The first-order valence-corrected chi connectivity index (χ1v) is 5.71. The van der Waals surface area contributed by atoms with Crippen molar-refractivity contribution in [2.75, 3.05) is 26.7 Å². The van der Waals surface area contributed by atoms with Gasteiger partial charge in [-0.25, -0.2) is 4.79 Å². The van der Waals surface area contributed by atoms with E-state index in [4.69, 9.17) is 0 Å². The molecule has 2 fully saturated rings. The lowest BCUT2D eigenvalue weighted by Crippen LogP contribution is -2.31. The number of hydrogen-bond donors (Lipinski definition) is 0. The highest BCUT2D eigenvalue weighted by molar-refractivity contribution is 5.83. The summed E-state index contributed by atoms with van der Waals surface area (Å²) < 4.78 is 0. The second-order valence-electron chi connectivity index (χ2n) is 4.54. The van der Waals surface area contributed by atoms with Crippen LogP contribution >= 0.6 is 0 Å². The van der Waals surface area contributed by atoms with Crippen molar-refractivity contribution in [3.05, 3.63) is 0 Å². The van der Waals surface area contributed by atoms with E-state index >= 15 is 0 Å². The number of likely N-dealkylation sites (N-methyl/N-ethyl adjacent to an activating group) is 1. The van der Waals surface area contributed by atoms with Gasteiger partial charge < -0.3 is 9.80 Å². The summed E-state index contributed by atoms with van der Waals surface area (Å²) in [5.74, 6) is 0.624. The third-order valence-electron chi connectivity index (χ3n) is 3.48. The Bertz CT molecular complexity index is 278. The number of nitrogens with zero attached hydrogens (tertiary/aromatic N) is 2. The normalized spacial score (nSPS) is 26.9. The van der Waals surface area contributed by atoms with E-state index in [0.717, 1.165) is 45.3 Å². The average Bonchev–Trinajstić information content (AvgIpc) is 2.74. The Kier molecular flexibility index (Phi) is 2.93. The first-order chi connectivity index (χ1) is 7.18. The Morgan fingerprint density at radius 2 is 2.13 bits per heavy atom. The third-order valence-corrected chi connectivity index (χ3v) is 3.48. The van der Waals surface area contributed by atoms with Crippen LogP contribution < -0.4 is 0 Å². The van der Waals surface area contributed by atoms with Gasteiger partial charge in [-0.2, -0.15) is 0 Å². The van der Waals surface area contributed by atoms with Gasteiger partial charge in [0.05, 0.1) is 0 Å². The van der Waals surface area contributed by atoms with E-state index in [1.165, 1.54) is 0 Å². The van der Waals surface area contributed by atoms with Crippen LogP contribution in [0.1, 0.15) is 25.7 Å². The van der Waals surface area contributed by atoms with E-state index in [-0.39, 0.29) is 11.9 Å². The lowest BCUT2D eigenvalue weighted by molar-refractivity contribution is -0.120. The number of Topliss-reactive ketones (excluding diaryl/α,β-unsaturated/α-hetero) is 1. The Morgan fingerprint density at radius 1 is 1.33 bits per heavy atom. The average molecular weight is 210 g/mol. The molecule has 2 aliphatic rings. The SMILES string of the molecule is CN1CCN(CCC2CCCC2=O)C1=O. The van der Waals surface area contributed by atoms with Crippen molar-refractivity contribution in [2.24, 2.45) is 5.92 Å². The predicted molar refractivity (Wildman–Crippen MR) is 56.6 cm³/mol. The van der Waals surface area contributed by atoms with Crippen molar-refractivity contribution < 1.29 is 9.59 Å². The summed E-state index contributed by atoms with van der Waals surface area (Å²) in [6.07, 6.45) is 3.67. The van der Waals surface area contributed by atoms with E-state index in [9.17, 15) is 9.59 Å². The summed E-state index contributed by atoms with van der Waals surface area (Å²) in [6, 6.07) is 0.112. The fourth-order valence-corrected chi connectivity index (χ4v) is 2.42.